The highest BCUT2D eigenvalue weighted by atomic mass is 35.5. The Kier molecular flexibility index (Phi) is 6.48. The van der Waals surface area contributed by atoms with Gasteiger partial charge < -0.3 is 14.9 Å². The molecule has 1 N–H and O–H groups in total. The van der Waals surface area contributed by atoms with E-state index in [1.54, 1.807) is 40.6 Å². The van der Waals surface area contributed by atoms with Gasteiger partial charge in [-0.15, -0.1) is 11.3 Å². The molecule has 158 valence electrons. The Hall–Kier alpha value is -1.86. The van der Waals surface area contributed by atoms with E-state index in [1.807, 2.05) is 0 Å². The van der Waals surface area contributed by atoms with Crippen molar-refractivity contribution in [3.05, 3.63) is 67.5 Å². The lowest BCUT2D eigenvalue weighted by Crippen LogP contribution is -2.40. The van der Waals surface area contributed by atoms with Crippen LogP contribution in [0.3, 0.4) is 0 Å². The number of benzene rings is 1. The molecule has 8 heteroatoms. The van der Waals surface area contributed by atoms with Gasteiger partial charge in [0.25, 0.3) is 5.91 Å². The minimum atomic E-state index is -0.702. The fraction of sp³-hybridized carbons (Fsp3) is 0.364. The Morgan fingerprint density at radius 2 is 1.87 bits per heavy atom. The molecule has 2 aromatic rings. The highest BCUT2D eigenvalue weighted by Crippen LogP contribution is 2.41. The minimum Gasteiger partial charge on any atom is -0.503 e. The maximum absolute atomic E-state index is 13.2. The molecular formula is C22H22Cl2N2O3S. The third-order valence-electron chi connectivity index (χ3n) is 5.66. The molecule has 0 spiro atoms. The average molecular weight is 465 g/mol. The summed E-state index contributed by atoms with van der Waals surface area (Å²) in [7, 11) is 0. The topological polar surface area (TPSA) is 60.9 Å². The second kappa shape index (κ2) is 9.10. The van der Waals surface area contributed by atoms with Gasteiger partial charge in [0.15, 0.2) is 5.76 Å². The van der Waals surface area contributed by atoms with Crippen molar-refractivity contribution < 1.29 is 14.7 Å². The van der Waals surface area contributed by atoms with Gasteiger partial charge in [-0.1, -0.05) is 41.8 Å². The zero-order valence-electron chi connectivity index (χ0n) is 16.3. The van der Waals surface area contributed by atoms with E-state index in [0.717, 1.165) is 25.9 Å². The standard InChI is InChI=1S/C22H22Cl2N2O3S/c23-15-7-6-14(13-16(15)24)19-18(20(27)17-5-4-12-30-17)21(28)22(29)26(19)11-10-25-8-2-1-3-9-25/h4-7,12-13,19,28H,1-3,8-11H2. The van der Waals surface area contributed by atoms with E-state index in [1.165, 1.54) is 17.8 Å². The van der Waals surface area contributed by atoms with Crippen LogP contribution in [-0.2, 0) is 4.79 Å². The third-order valence-corrected chi connectivity index (χ3v) is 7.27. The fourth-order valence-electron chi connectivity index (χ4n) is 4.12. The largest absolute Gasteiger partial charge is 0.503 e. The number of aliphatic hydroxyl groups is 1. The Morgan fingerprint density at radius 1 is 1.10 bits per heavy atom. The normalized spacial score (nSPS) is 20.3. The SMILES string of the molecule is O=C(C1=C(O)C(=O)N(CCN2CCCCC2)C1c1ccc(Cl)c(Cl)c1)c1cccs1. The molecule has 1 atom stereocenters. The van der Waals surface area contributed by atoms with Crippen LogP contribution in [-0.4, -0.2) is 52.8 Å². The van der Waals surface area contributed by atoms with Gasteiger partial charge in [0.05, 0.1) is 26.5 Å². The molecule has 1 saturated heterocycles. The number of likely N-dealkylation sites (tertiary alicyclic amines) is 1. The van der Waals surface area contributed by atoms with Crippen molar-refractivity contribution in [3.8, 4) is 0 Å². The van der Waals surface area contributed by atoms with E-state index in [0.29, 0.717) is 33.6 Å². The first kappa shape index (κ1) is 21.4. The molecule has 30 heavy (non-hydrogen) atoms. The van der Waals surface area contributed by atoms with Crippen LogP contribution < -0.4 is 0 Å². The van der Waals surface area contributed by atoms with E-state index >= 15 is 0 Å². The van der Waals surface area contributed by atoms with Crippen LogP contribution >= 0.6 is 34.5 Å². The molecule has 4 rings (SSSR count). The summed E-state index contributed by atoms with van der Waals surface area (Å²) in [5.74, 6) is -1.35. The van der Waals surface area contributed by atoms with Gasteiger partial charge in [-0.2, -0.15) is 0 Å². The number of hydrogen-bond acceptors (Lipinski definition) is 5. The minimum absolute atomic E-state index is 0.0967. The molecule has 5 nitrogen and oxygen atoms in total. The number of halogens is 2. The molecule has 3 heterocycles. The van der Waals surface area contributed by atoms with Crippen molar-refractivity contribution in [2.45, 2.75) is 25.3 Å². The summed E-state index contributed by atoms with van der Waals surface area (Å²) in [6, 6.07) is 7.83. The Morgan fingerprint density at radius 3 is 2.53 bits per heavy atom. The van der Waals surface area contributed by atoms with Crippen LogP contribution in [0.25, 0.3) is 0 Å². The zero-order chi connectivity index (χ0) is 21.3. The van der Waals surface area contributed by atoms with Crippen LogP contribution in [0.2, 0.25) is 10.0 Å². The number of rotatable bonds is 6. The summed E-state index contributed by atoms with van der Waals surface area (Å²) in [5, 5.41) is 13.2. The van der Waals surface area contributed by atoms with Gasteiger partial charge in [-0.3, -0.25) is 9.59 Å². The predicted octanol–water partition coefficient (Wildman–Crippen LogP) is 5.12. The average Bonchev–Trinajstić information content (AvgIpc) is 3.37. The van der Waals surface area contributed by atoms with Crippen molar-refractivity contribution in [3.63, 3.8) is 0 Å². The first-order chi connectivity index (χ1) is 14.5. The smallest absolute Gasteiger partial charge is 0.290 e. The monoisotopic (exact) mass is 464 g/mol. The number of carbonyl (C=O) groups excluding carboxylic acids is 2. The molecule has 0 saturated carbocycles. The number of ketones is 1. The van der Waals surface area contributed by atoms with Gasteiger partial charge in [-0.05, 0) is 55.1 Å². The molecule has 0 aliphatic carbocycles. The van der Waals surface area contributed by atoms with E-state index in [2.05, 4.69) is 4.90 Å². The van der Waals surface area contributed by atoms with Crippen LogP contribution in [0.4, 0.5) is 0 Å². The molecule has 2 aliphatic heterocycles. The van der Waals surface area contributed by atoms with Gasteiger partial charge in [0.2, 0.25) is 5.78 Å². The summed E-state index contributed by atoms with van der Waals surface area (Å²) < 4.78 is 0. The Bertz CT molecular complexity index is 984. The van der Waals surface area contributed by atoms with Crippen LogP contribution in [0.15, 0.2) is 47.0 Å². The molecule has 0 bridgehead atoms. The summed E-state index contributed by atoms with van der Waals surface area (Å²) in [5.41, 5.74) is 0.750. The van der Waals surface area contributed by atoms with E-state index in [4.69, 9.17) is 23.2 Å². The van der Waals surface area contributed by atoms with Crippen molar-refractivity contribution in [2.24, 2.45) is 0 Å². The van der Waals surface area contributed by atoms with Gasteiger partial charge in [-0.25, -0.2) is 0 Å². The summed E-state index contributed by atoms with van der Waals surface area (Å²) >= 11 is 13.6. The number of Topliss-reactive ketones (excluding diaryl/α,β-unsaturated/α-hetero) is 1. The number of piperidine rings is 1. The van der Waals surface area contributed by atoms with Crippen LogP contribution in [0.5, 0.6) is 0 Å². The molecule has 1 amide bonds. The molecule has 2 aliphatic rings. The lowest BCUT2D eigenvalue weighted by molar-refractivity contribution is -0.129. The Labute approximate surface area is 189 Å². The number of nitrogens with zero attached hydrogens (tertiary/aromatic N) is 2. The molecule has 1 aromatic carbocycles. The quantitative estimate of drug-likeness (QED) is 0.602. The molecule has 1 fully saturated rings. The van der Waals surface area contributed by atoms with Crippen molar-refractivity contribution in [1.29, 1.82) is 0 Å². The van der Waals surface area contributed by atoms with E-state index < -0.39 is 17.7 Å². The third kappa shape index (κ3) is 4.14. The number of amides is 1. The predicted molar refractivity (Wildman–Crippen MR) is 120 cm³/mol. The number of thiophene rings is 1. The molecule has 1 unspecified atom stereocenters. The van der Waals surface area contributed by atoms with Crippen molar-refractivity contribution in [1.82, 2.24) is 9.80 Å². The Balaban J connectivity index is 1.69. The fourth-order valence-corrected chi connectivity index (χ4v) is 5.10. The number of aliphatic hydroxyl groups excluding tert-OH is 1. The molecule has 1 aromatic heterocycles. The summed E-state index contributed by atoms with van der Waals surface area (Å²) in [6.07, 6.45) is 3.53. The van der Waals surface area contributed by atoms with Gasteiger partial charge in [0, 0.05) is 13.1 Å². The summed E-state index contributed by atoms with van der Waals surface area (Å²) in [4.78, 5) is 30.6. The number of hydrogen-bond donors (Lipinski definition) is 1. The highest BCUT2D eigenvalue weighted by Gasteiger charge is 2.44. The molecule has 0 radical (unpaired) electrons. The van der Waals surface area contributed by atoms with Gasteiger partial charge >= 0.3 is 0 Å². The van der Waals surface area contributed by atoms with Gasteiger partial charge in [0.1, 0.15) is 0 Å². The maximum Gasteiger partial charge on any atom is 0.290 e. The summed E-state index contributed by atoms with van der Waals surface area (Å²) in [6.45, 7) is 3.10. The first-order valence-corrected chi connectivity index (χ1v) is 11.6. The maximum atomic E-state index is 13.2. The van der Waals surface area contributed by atoms with Crippen molar-refractivity contribution >= 4 is 46.2 Å². The second-order valence-electron chi connectivity index (χ2n) is 7.55. The lowest BCUT2D eigenvalue weighted by atomic mass is 9.95. The zero-order valence-corrected chi connectivity index (χ0v) is 18.6. The number of carbonyl (C=O) groups is 2. The lowest BCUT2D eigenvalue weighted by Gasteiger charge is -2.31. The second-order valence-corrected chi connectivity index (χ2v) is 9.31. The van der Waals surface area contributed by atoms with Crippen LogP contribution in [0.1, 0.15) is 40.5 Å². The molecular weight excluding hydrogens is 443 g/mol. The van der Waals surface area contributed by atoms with Crippen LogP contribution in [0, 0.1) is 0 Å². The first-order valence-electron chi connectivity index (χ1n) is 9.97. The van der Waals surface area contributed by atoms with E-state index in [9.17, 15) is 14.7 Å². The van der Waals surface area contributed by atoms with E-state index in [-0.39, 0.29) is 11.4 Å². The highest BCUT2D eigenvalue weighted by molar-refractivity contribution is 7.12. The van der Waals surface area contributed by atoms with Crippen molar-refractivity contribution in [2.75, 3.05) is 26.2 Å².